The van der Waals surface area contributed by atoms with Crippen LogP contribution in [0.3, 0.4) is 0 Å². The summed E-state index contributed by atoms with van der Waals surface area (Å²) in [6, 6.07) is 10.7. The predicted molar refractivity (Wildman–Crippen MR) is 82.9 cm³/mol. The molecule has 21 heavy (non-hydrogen) atoms. The summed E-state index contributed by atoms with van der Waals surface area (Å²) in [7, 11) is 1.57. The molecule has 1 aromatic carbocycles. The summed E-state index contributed by atoms with van der Waals surface area (Å²) >= 11 is 1.67. The Morgan fingerprint density at radius 3 is 2.76 bits per heavy atom. The van der Waals surface area contributed by atoms with Gasteiger partial charge in [0.15, 0.2) is 5.65 Å². The van der Waals surface area contributed by atoms with Gasteiger partial charge in [0.2, 0.25) is 0 Å². The van der Waals surface area contributed by atoms with E-state index in [2.05, 4.69) is 34.1 Å². The molecule has 0 N–H and O–H groups in total. The quantitative estimate of drug-likeness (QED) is 0.569. The average Bonchev–Trinajstić information content (AvgIpc) is 3.07. The van der Waals surface area contributed by atoms with Crippen molar-refractivity contribution >= 4 is 27.2 Å². The Morgan fingerprint density at radius 1 is 1.19 bits per heavy atom. The number of hydrogen-bond donors (Lipinski definition) is 0. The molecule has 0 unspecified atom stereocenters. The van der Waals surface area contributed by atoms with Crippen molar-refractivity contribution < 1.29 is 4.74 Å². The van der Waals surface area contributed by atoms with Crippen LogP contribution in [-0.2, 0) is 0 Å². The van der Waals surface area contributed by atoms with Gasteiger partial charge in [-0.1, -0.05) is 30.3 Å². The predicted octanol–water partition coefficient (Wildman–Crippen LogP) is 3.32. The Hall–Kier alpha value is -2.47. The summed E-state index contributed by atoms with van der Waals surface area (Å²) in [5.74, 6) is 0. The molecular weight excluding hydrogens is 284 g/mol. The van der Waals surface area contributed by atoms with Gasteiger partial charge in [-0.25, -0.2) is 4.98 Å². The first-order valence-electron chi connectivity index (χ1n) is 6.52. The second-order valence-corrected chi connectivity index (χ2v) is 5.89. The molecule has 0 aliphatic carbocycles. The lowest BCUT2D eigenvalue weighted by Gasteiger charge is -2.01. The number of nitrogens with zero attached hydrogens (tertiary/aromatic N) is 4. The van der Waals surface area contributed by atoms with Crippen molar-refractivity contribution in [2.75, 3.05) is 7.11 Å². The number of aromatic nitrogens is 4. The summed E-state index contributed by atoms with van der Waals surface area (Å²) < 4.78 is 6.80. The van der Waals surface area contributed by atoms with E-state index in [4.69, 9.17) is 4.74 Å². The minimum Gasteiger partial charge on any atom is -0.466 e. The molecule has 0 fully saturated rings. The average molecular weight is 296 g/mol. The van der Waals surface area contributed by atoms with Gasteiger partial charge < -0.3 is 4.74 Å². The zero-order chi connectivity index (χ0) is 14.4. The van der Waals surface area contributed by atoms with E-state index >= 15 is 0 Å². The SMILES string of the molecule is COc1nc2c3c(-c4ccccc4)c(C)sc3ncn2n1. The second kappa shape index (κ2) is 4.53. The van der Waals surface area contributed by atoms with E-state index in [1.165, 1.54) is 10.4 Å². The normalized spacial score (nSPS) is 11.3. The summed E-state index contributed by atoms with van der Waals surface area (Å²) in [5, 5.41) is 5.28. The molecule has 0 spiro atoms. The lowest BCUT2D eigenvalue weighted by molar-refractivity contribution is 0.380. The van der Waals surface area contributed by atoms with Crippen molar-refractivity contribution in [2.24, 2.45) is 0 Å². The molecule has 4 rings (SSSR count). The van der Waals surface area contributed by atoms with Gasteiger partial charge in [-0.05, 0) is 12.5 Å². The maximum atomic E-state index is 5.13. The molecule has 0 radical (unpaired) electrons. The van der Waals surface area contributed by atoms with Crippen molar-refractivity contribution in [3.05, 3.63) is 41.5 Å². The van der Waals surface area contributed by atoms with Gasteiger partial charge in [-0.15, -0.1) is 16.4 Å². The van der Waals surface area contributed by atoms with Crippen LogP contribution >= 0.6 is 11.3 Å². The van der Waals surface area contributed by atoms with Crippen LogP contribution in [0.15, 0.2) is 36.7 Å². The number of aryl methyl sites for hydroxylation is 1. The molecule has 4 aromatic rings. The largest absolute Gasteiger partial charge is 0.466 e. The summed E-state index contributed by atoms with van der Waals surface area (Å²) in [6.45, 7) is 2.11. The van der Waals surface area contributed by atoms with E-state index in [0.717, 1.165) is 21.4 Å². The highest BCUT2D eigenvalue weighted by molar-refractivity contribution is 7.19. The Kier molecular flexibility index (Phi) is 2.65. The van der Waals surface area contributed by atoms with E-state index < -0.39 is 0 Å². The molecule has 0 amide bonds. The third kappa shape index (κ3) is 1.80. The van der Waals surface area contributed by atoms with Crippen LogP contribution in [0.2, 0.25) is 0 Å². The van der Waals surface area contributed by atoms with Crippen molar-refractivity contribution in [2.45, 2.75) is 6.92 Å². The van der Waals surface area contributed by atoms with Crippen molar-refractivity contribution in [3.63, 3.8) is 0 Å². The fraction of sp³-hybridized carbons (Fsp3) is 0.133. The number of ether oxygens (including phenoxy) is 1. The molecule has 0 aliphatic rings. The molecule has 0 atom stereocenters. The fourth-order valence-electron chi connectivity index (χ4n) is 2.53. The summed E-state index contributed by atoms with van der Waals surface area (Å²) in [5.41, 5.74) is 3.11. The van der Waals surface area contributed by atoms with E-state index in [1.54, 1.807) is 29.3 Å². The van der Waals surface area contributed by atoms with Crippen LogP contribution in [-0.4, -0.2) is 26.7 Å². The molecule has 104 valence electrons. The van der Waals surface area contributed by atoms with Crippen LogP contribution in [0, 0.1) is 6.92 Å². The van der Waals surface area contributed by atoms with E-state index in [9.17, 15) is 0 Å². The van der Waals surface area contributed by atoms with Crippen LogP contribution < -0.4 is 4.74 Å². The number of benzene rings is 1. The highest BCUT2D eigenvalue weighted by Gasteiger charge is 2.17. The Bertz CT molecular complexity index is 943. The number of hydrogen-bond acceptors (Lipinski definition) is 5. The van der Waals surface area contributed by atoms with Gasteiger partial charge in [0, 0.05) is 10.4 Å². The zero-order valence-corrected chi connectivity index (χ0v) is 12.4. The number of fused-ring (bicyclic) bond motifs is 3. The molecule has 0 saturated heterocycles. The van der Waals surface area contributed by atoms with Gasteiger partial charge in [0.05, 0.1) is 12.5 Å². The van der Waals surface area contributed by atoms with E-state index in [0.29, 0.717) is 6.01 Å². The lowest BCUT2D eigenvalue weighted by atomic mass is 10.0. The number of methoxy groups -OCH3 is 1. The smallest absolute Gasteiger partial charge is 0.336 e. The first-order valence-corrected chi connectivity index (χ1v) is 7.33. The van der Waals surface area contributed by atoms with Crippen LogP contribution in [0.25, 0.3) is 27.0 Å². The minimum atomic E-state index is 0.354. The minimum absolute atomic E-state index is 0.354. The molecule has 6 heteroatoms. The van der Waals surface area contributed by atoms with Gasteiger partial charge in [-0.2, -0.15) is 9.50 Å². The van der Waals surface area contributed by atoms with Crippen LogP contribution in [0.4, 0.5) is 0 Å². The highest BCUT2D eigenvalue weighted by Crippen LogP contribution is 2.39. The third-order valence-corrected chi connectivity index (χ3v) is 4.44. The summed E-state index contributed by atoms with van der Waals surface area (Å²) in [6.07, 6.45) is 1.68. The van der Waals surface area contributed by atoms with Crippen LogP contribution in [0.1, 0.15) is 4.88 Å². The highest BCUT2D eigenvalue weighted by atomic mass is 32.1. The Labute approximate surface area is 124 Å². The second-order valence-electron chi connectivity index (χ2n) is 4.69. The molecule has 0 saturated carbocycles. The van der Waals surface area contributed by atoms with Gasteiger partial charge in [0.25, 0.3) is 0 Å². The molecule has 0 bridgehead atoms. The molecule has 5 nitrogen and oxygen atoms in total. The third-order valence-electron chi connectivity index (χ3n) is 3.43. The van der Waals surface area contributed by atoms with Gasteiger partial charge in [0.1, 0.15) is 11.2 Å². The number of rotatable bonds is 2. The van der Waals surface area contributed by atoms with E-state index in [-0.39, 0.29) is 0 Å². The molecule has 3 aromatic heterocycles. The molecule has 3 heterocycles. The zero-order valence-electron chi connectivity index (χ0n) is 11.6. The molecule has 0 aliphatic heterocycles. The monoisotopic (exact) mass is 296 g/mol. The van der Waals surface area contributed by atoms with Crippen molar-refractivity contribution in [1.82, 2.24) is 19.6 Å². The number of thiophene rings is 1. The maximum absolute atomic E-state index is 5.13. The topological polar surface area (TPSA) is 52.3 Å². The van der Waals surface area contributed by atoms with E-state index in [1.807, 2.05) is 18.2 Å². The van der Waals surface area contributed by atoms with Crippen molar-refractivity contribution in [3.8, 4) is 17.1 Å². The Morgan fingerprint density at radius 2 is 2.00 bits per heavy atom. The summed E-state index contributed by atoms with van der Waals surface area (Å²) in [4.78, 5) is 11.1. The standard InChI is InChI=1S/C15H12N4OS/c1-9-11(10-6-4-3-5-7-10)12-13-17-15(20-2)18-19(13)8-16-14(12)21-9/h3-8H,1-2H3. The molecular formula is C15H12N4OS. The Balaban J connectivity index is 2.14. The van der Waals surface area contributed by atoms with Crippen molar-refractivity contribution in [1.29, 1.82) is 0 Å². The first-order chi connectivity index (χ1) is 10.3. The lowest BCUT2D eigenvalue weighted by Crippen LogP contribution is -1.90. The van der Waals surface area contributed by atoms with Crippen LogP contribution in [0.5, 0.6) is 6.01 Å². The maximum Gasteiger partial charge on any atom is 0.336 e. The van der Waals surface area contributed by atoms with Gasteiger partial charge >= 0.3 is 6.01 Å². The van der Waals surface area contributed by atoms with Gasteiger partial charge in [-0.3, -0.25) is 0 Å². The fourth-order valence-corrected chi connectivity index (χ4v) is 3.54. The first kappa shape index (κ1) is 12.3.